The second-order valence-electron chi connectivity index (χ2n) is 0.560. The molecule has 0 rings (SSSR count). The fourth-order valence-electron chi connectivity index (χ4n) is 0. The molecule has 0 aromatic carbocycles. The Morgan fingerprint density at radius 2 is 1.60 bits per heavy atom. The topological polar surface area (TPSA) is 66.8 Å². The van der Waals surface area contributed by atoms with Gasteiger partial charge in [0, 0.05) is 0 Å². The summed E-state index contributed by atoms with van der Waals surface area (Å²) in [5.41, 5.74) is 0. The number of phosphoric acid groups is 1. The van der Waals surface area contributed by atoms with Gasteiger partial charge in [0.05, 0.1) is 11.9 Å². The minimum absolute atomic E-state index is 0. The molecule has 0 unspecified atom stereocenters. The van der Waals surface area contributed by atoms with E-state index >= 15 is 0 Å². The summed E-state index contributed by atoms with van der Waals surface area (Å²) in [4.78, 5) is 15.2. The van der Waals surface area contributed by atoms with E-state index in [4.69, 9.17) is 9.79 Å². The largest absolute Gasteiger partial charge is 2.00 e. The van der Waals surface area contributed by atoms with Crippen molar-refractivity contribution in [3.05, 3.63) is 0 Å². The summed E-state index contributed by atoms with van der Waals surface area (Å²) in [5, 5.41) is 0. The van der Waals surface area contributed by atoms with Gasteiger partial charge in [0.1, 0.15) is 0 Å². The standard InChI is InChI=1S/Ba.Ca.ClH2O4P.Mg.Sr.8H/c;;1-5-6(2,3)4;;;;;;;;;;/h;;(H2,2,3,4);;;;;;;;;;/q2*+2;;2*+2;8*-1. The normalized spacial score (nSPS) is 7.10. The summed E-state index contributed by atoms with van der Waals surface area (Å²) < 4.78 is 12.4. The van der Waals surface area contributed by atoms with Crippen LogP contribution < -0.4 is 0 Å². The van der Waals surface area contributed by atoms with Gasteiger partial charge in [-0.25, -0.2) is 4.57 Å². The Labute approximate surface area is 199 Å². The molecule has 0 aliphatic heterocycles. The molecule has 4 nitrogen and oxygen atoms in total. The monoisotopic (exact) mass is 430 g/mol. The summed E-state index contributed by atoms with van der Waals surface area (Å²) >= 11 is 4.21. The zero-order chi connectivity index (χ0) is 5.21. The average Bonchev–Trinajstić information content (AvgIpc) is 1.35. The molecular weight excluding hydrogens is 420 g/mol. The van der Waals surface area contributed by atoms with E-state index in [1.807, 2.05) is 0 Å². The van der Waals surface area contributed by atoms with Crippen LogP contribution in [0.4, 0.5) is 0 Å². The van der Waals surface area contributed by atoms with E-state index in [2.05, 4.69) is 15.9 Å². The molecule has 0 amide bonds. The Kier molecular flexibility index (Phi) is 49.9. The first-order valence-electron chi connectivity index (χ1n) is 0.919. The van der Waals surface area contributed by atoms with Gasteiger partial charge >= 0.3 is 163 Å². The molecule has 0 saturated carbocycles. The molecule has 0 aromatic rings. The maximum atomic E-state index is 9.34. The smallest absolute Gasteiger partial charge is 1.00 e. The number of hydrogen-bond donors (Lipinski definition) is 2. The maximum Gasteiger partial charge on any atom is 2.00 e. The summed E-state index contributed by atoms with van der Waals surface area (Å²) in [6.07, 6.45) is 0. The van der Waals surface area contributed by atoms with Gasteiger partial charge in [0.25, 0.3) is 0 Å². The van der Waals surface area contributed by atoms with E-state index in [-0.39, 0.29) is 167 Å². The average molecular weight is 430 g/mol. The van der Waals surface area contributed by atoms with Crippen LogP contribution >= 0.6 is 19.7 Å². The fourth-order valence-corrected chi connectivity index (χ4v) is 0. The summed E-state index contributed by atoms with van der Waals surface area (Å²) in [7, 11) is -4.38. The van der Waals surface area contributed by atoms with Crippen LogP contribution in [0.3, 0.4) is 0 Å². The molecule has 0 bridgehead atoms. The van der Waals surface area contributed by atoms with Gasteiger partial charge in [-0.3, -0.25) is 0 Å². The van der Waals surface area contributed by atoms with Crippen molar-refractivity contribution >= 4 is 175 Å². The van der Waals surface area contributed by atoms with Crippen LogP contribution in [0.5, 0.6) is 0 Å². The van der Waals surface area contributed by atoms with E-state index in [1.54, 1.807) is 0 Å². The van der Waals surface area contributed by atoms with Gasteiger partial charge < -0.3 is 21.2 Å². The van der Waals surface area contributed by atoms with Gasteiger partial charge in [-0.1, -0.05) is 0 Å². The SMILES string of the molecule is O=P(O)(O)OCl.[Ba+2].[Ca+2].[H-].[H-].[H-].[H-].[H-].[H-].[H-].[H-].[Mg+2].[Sr+2]. The van der Waals surface area contributed by atoms with Crippen molar-refractivity contribution in [2.24, 2.45) is 0 Å². The Morgan fingerprint density at radius 3 is 1.60 bits per heavy atom. The van der Waals surface area contributed by atoms with Crippen molar-refractivity contribution in [3.8, 4) is 0 Å². The van der Waals surface area contributed by atoms with Crippen LogP contribution in [0.2, 0.25) is 0 Å². The molecule has 2 N–H and O–H groups in total. The van der Waals surface area contributed by atoms with E-state index in [0.717, 1.165) is 0 Å². The van der Waals surface area contributed by atoms with Crippen LogP contribution in [-0.2, 0) is 8.64 Å². The van der Waals surface area contributed by atoms with Gasteiger partial charge in [-0.05, 0) is 0 Å². The minimum atomic E-state index is -4.38. The van der Waals surface area contributed by atoms with Crippen LogP contribution in [-0.4, -0.2) is 165 Å². The van der Waals surface area contributed by atoms with E-state index in [0.29, 0.717) is 0 Å². The third kappa shape index (κ3) is 29.2. The molecular formula is H10BaCaClMgO4PSr. The van der Waals surface area contributed by atoms with Crippen molar-refractivity contribution in [1.29, 1.82) is 0 Å². The van der Waals surface area contributed by atoms with E-state index < -0.39 is 7.82 Å². The fraction of sp³-hybridized carbons (Fsp3) is 0. The Balaban J connectivity index is -0.00000000189. The van der Waals surface area contributed by atoms with Crippen molar-refractivity contribution in [2.75, 3.05) is 0 Å². The van der Waals surface area contributed by atoms with Crippen molar-refractivity contribution < 1.29 is 29.8 Å². The quantitative estimate of drug-likeness (QED) is 0.441. The Hall–Kier alpha value is 5.48. The molecule has 10 heavy (non-hydrogen) atoms. The van der Waals surface area contributed by atoms with Crippen LogP contribution in [0, 0.1) is 0 Å². The summed E-state index contributed by atoms with van der Waals surface area (Å²) in [6, 6.07) is 0. The zero-order valence-corrected chi connectivity index (χ0v) is 18.6. The van der Waals surface area contributed by atoms with Crippen LogP contribution in [0.15, 0.2) is 0 Å². The third-order valence-electron chi connectivity index (χ3n) is 0.0899. The van der Waals surface area contributed by atoms with Crippen LogP contribution in [0.1, 0.15) is 11.4 Å². The molecule has 0 heterocycles. The van der Waals surface area contributed by atoms with Crippen molar-refractivity contribution in [2.45, 2.75) is 0 Å². The van der Waals surface area contributed by atoms with Gasteiger partial charge in [-0.15, -0.1) is 0 Å². The summed E-state index contributed by atoms with van der Waals surface area (Å²) in [5.74, 6) is 0. The first-order valence-corrected chi connectivity index (χ1v) is 2.76. The molecule has 10 heteroatoms. The maximum absolute atomic E-state index is 9.34. The predicted molar refractivity (Wildman–Crippen MR) is 50.9 cm³/mol. The molecule has 0 aliphatic rings. The molecule has 0 radical (unpaired) electrons. The van der Waals surface area contributed by atoms with Crippen LogP contribution in [0.25, 0.3) is 0 Å². The molecule has 0 aromatic heterocycles. The van der Waals surface area contributed by atoms with Gasteiger partial charge in [0.15, 0.2) is 0 Å². The predicted octanol–water partition coefficient (Wildman–Crippen LogP) is -0.374. The van der Waals surface area contributed by atoms with E-state index in [9.17, 15) is 4.57 Å². The van der Waals surface area contributed by atoms with Crippen molar-refractivity contribution in [1.82, 2.24) is 0 Å². The molecule has 0 spiro atoms. The molecule has 0 aliphatic carbocycles. The third-order valence-corrected chi connectivity index (χ3v) is 0.809. The second kappa shape index (κ2) is 16.9. The number of halogens is 1. The molecule has 54 valence electrons. The first kappa shape index (κ1) is 29.6. The van der Waals surface area contributed by atoms with Gasteiger partial charge in [0.2, 0.25) is 0 Å². The number of rotatable bonds is 1. The molecule has 0 saturated heterocycles. The zero-order valence-electron chi connectivity index (χ0n) is 13.4. The Bertz CT molecular complexity index is 107. The number of hydrogen-bond acceptors (Lipinski definition) is 2. The Morgan fingerprint density at radius 1 is 1.50 bits per heavy atom. The first-order chi connectivity index (χ1) is 2.56. The molecule has 0 fully saturated rings. The molecule has 0 atom stereocenters. The summed E-state index contributed by atoms with van der Waals surface area (Å²) in [6.45, 7) is 0. The second-order valence-corrected chi connectivity index (χ2v) is 2.09. The van der Waals surface area contributed by atoms with E-state index in [1.165, 1.54) is 0 Å². The van der Waals surface area contributed by atoms with Gasteiger partial charge in [-0.2, -0.15) is 4.08 Å². The minimum Gasteiger partial charge on any atom is -1.00 e. The van der Waals surface area contributed by atoms with Crippen molar-refractivity contribution in [3.63, 3.8) is 0 Å².